The molecule has 0 saturated carbocycles. The lowest BCUT2D eigenvalue weighted by atomic mass is 10.1. The molecule has 2 heterocycles. The fourth-order valence-electron chi connectivity index (χ4n) is 4.40. The van der Waals surface area contributed by atoms with Crippen molar-refractivity contribution < 1.29 is 9.53 Å². The Morgan fingerprint density at radius 2 is 1.72 bits per heavy atom. The van der Waals surface area contributed by atoms with Gasteiger partial charge in [0, 0.05) is 71.6 Å². The molecule has 0 bridgehead atoms. The van der Waals surface area contributed by atoms with E-state index in [0.29, 0.717) is 18.5 Å². The van der Waals surface area contributed by atoms with E-state index in [4.69, 9.17) is 4.74 Å². The summed E-state index contributed by atoms with van der Waals surface area (Å²) < 4.78 is 5.53. The van der Waals surface area contributed by atoms with Crippen LogP contribution in [0.5, 0.6) is 0 Å². The Balaban J connectivity index is 1.39. The summed E-state index contributed by atoms with van der Waals surface area (Å²) in [6.07, 6.45) is 1.12. The molecule has 1 atom stereocenters. The fraction of sp³-hybridized carbons (Fsp3) is 0.696. The summed E-state index contributed by atoms with van der Waals surface area (Å²) in [5.74, 6) is 0.294. The third-order valence-electron chi connectivity index (χ3n) is 6.22. The molecular weight excluding hydrogens is 364 g/mol. The van der Waals surface area contributed by atoms with Gasteiger partial charge in [0.15, 0.2) is 0 Å². The van der Waals surface area contributed by atoms with Crippen molar-refractivity contribution in [3.63, 3.8) is 0 Å². The highest BCUT2D eigenvalue weighted by Crippen LogP contribution is 2.14. The monoisotopic (exact) mass is 402 g/mol. The van der Waals surface area contributed by atoms with Crippen LogP contribution in [0.4, 0.5) is 0 Å². The maximum Gasteiger partial charge on any atom is 0.236 e. The fourth-order valence-corrected chi connectivity index (χ4v) is 4.40. The molecule has 0 N–H and O–H groups in total. The highest BCUT2D eigenvalue weighted by atomic mass is 16.5. The van der Waals surface area contributed by atoms with Gasteiger partial charge >= 0.3 is 0 Å². The topological polar surface area (TPSA) is 39.3 Å². The number of ether oxygens (including phenoxy) is 1. The number of rotatable bonds is 9. The van der Waals surface area contributed by atoms with Crippen LogP contribution in [0, 0.1) is 0 Å². The van der Waals surface area contributed by atoms with Gasteiger partial charge in [-0.05, 0) is 18.9 Å². The number of carbonyl (C=O) groups is 1. The van der Waals surface area contributed by atoms with Crippen LogP contribution in [0.1, 0.15) is 25.8 Å². The first kappa shape index (κ1) is 22.2. The van der Waals surface area contributed by atoms with Gasteiger partial charge in [-0.15, -0.1) is 0 Å². The van der Waals surface area contributed by atoms with Gasteiger partial charge in [0.05, 0.1) is 13.2 Å². The van der Waals surface area contributed by atoms with Crippen molar-refractivity contribution in [2.45, 2.75) is 32.9 Å². The Morgan fingerprint density at radius 3 is 2.41 bits per heavy atom. The number of piperazine rings is 2. The molecular formula is C23H38N4O2. The number of hydrogen-bond acceptors (Lipinski definition) is 5. The largest absolute Gasteiger partial charge is 0.380 e. The van der Waals surface area contributed by atoms with E-state index in [0.717, 1.165) is 78.5 Å². The van der Waals surface area contributed by atoms with E-state index in [1.807, 2.05) is 6.92 Å². The third-order valence-corrected chi connectivity index (χ3v) is 6.22. The summed E-state index contributed by atoms with van der Waals surface area (Å²) in [4.78, 5) is 22.2. The molecule has 2 saturated heterocycles. The van der Waals surface area contributed by atoms with E-state index in [1.54, 1.807) is 0 Å². The van der Waals surface area contributed by atoms with Crippen molar-refractivity contribution in [3.8, 4) is 0 Å². The van der Waals surface area contributed by atoms with Crippen LogP contribution >= 0.6 is 0 Å². The summed E-state index contributed by atoms with van der Waals surface area (Å²) in [5, 5.41) is 0. The Labute approximate surface area is 176 Å². The van der Waals surface area contributed by atoms with Gasteiger partial charge in [-0.25, -0.2) is 0 Å². The SMILES string of the molecule is CCOCCN1CCN(CC(=O)N2CCN(Cc3ccccc3)CC2)CC1CC. The molecule has 2 fully saturated rings. The van der Waals surface area contributed by atoms with Crippen LogP contribution in [-0.2, 0) is 16.1 Å². The van der Waals surface area contributed by atoms with Crippen molar-refractivity contribution in [1.82, 2.24) is 19.6 Å². The molecule has 1 unspecified atom stereocenters. The Hall–Kier alpha value is -1.47. The van der Waals surface area contributed by atoms with Crippen LogP contribution in [-0.4, -0.2) is 104 Å². The highest BCUT2D eigenvalue weighted by Gasteiger charge is 2.28. The first-order valence-corrected chi connectivity index (χ1v) is 11.3. The minimum Gasteiger partial charge on any atom is -0.380 e. The highest BCUT2D eigenvalue weighted by molar-refractivity contribution is 5.78. The number of benzene rings is 1. The third kappa shape index (κ3) is 6.78. The second kappa shape index (κ2) is 11.6. The minimum atomic E-state index is 0.294. The molecule has 29 heavy (non-hydrogen) atoms. The van der Waals surface area contributed by atoms with Gasteiger partial charge in [-0.3, -0.25) is 19.5 Å². The van der Waals surface area contributed by atoms with Crippen LogP contribution in [0.25, 0.3) is 0 Å². The molecule has 6 heteroatoms. The van der Waals surface area contributed by atoms with Crippen molar-refractivity contribution in [2.24, 2.45) is 0 Å². The predicted octanol–water partition coefficient (Wildman–Crippen LogP) is 1.76. The zero-order valence-corrected chi connectivity index (χ0v) is 18.3. The van der Waals surface area contributed by atoms with Gasteiger partial charge < -0.3 is 9.64 Å². The zero-order valence-electron chi connectivity index (χ0n) is 18.3. The van der Waals surface area contributed by atoms with Crippen molar-refractivity contribution in [3.05, 3.63) is 35.9 Å². The minimum absolute atomic E-state index is 0.294. The quantitative estimate of drug-likeness (QED) is 0.589. The molecule has 162 valence electrons. The van der Waals surface area contributed by atoms with Gasteiger partial charge in [0.25, 0.3) is 0 Å². The Kier molecular flexibility index (Phi) is 8.92. The second-order valence-corrected chi connectivity index (χ2v) is 8.17. The molecule has 0 aliphatic carbocycles. The molecule has 0 spiro atoms. The maximum absolute atomic E-state index is 12.9. The summed E-state index contributed by atoms with van der Waals surface area (Å²) in [5.41, 5.74) is 1.35. The normalized spacial score (nSPS) is 22.1. The summed E-state index contributed by atoms with van der Waals surface area (Å²) in [7, 11) is 0. The van der Waals surface area contributed by atoms with Crippen molar-refractivity contribution in [2.75, 3.05) is 72.1 Å². The zero-order chi connectivity index (χ0) is 20.5. The first-order valence-electron chi connectivity index (χ1n) is 11.3. The lowest BCUT2D eigenvalue weighted by Crippen LogP contribution is -2.57. The van der Waals surface area contributed by atoms with Crippen molar-refractivity contribution >= 4 is 5.91 Å². The molecule has 1 aromatic rings. The number of amides is 1. The van der Waals surface area contributed by atoms with Crippen LogP contribution in [0.15, 0.2) is 30.3 Å². The van der Waals surface area contributed by atoms with E-state index < -0.39 is 0 Å². The average molecular weight is 403 g/mol. The predicted molar refractivity (Wildman–Crippen MR) is 117 cm³/mol. The molecule has 0 radical (unpaired) electrons. The molecule has 3 rings (SSSR count). The van der Waals surface area contributed by atoms with Gasteiger partial charge in [-0.2, -0.15) is 0 Å². The molecule has 0 aromatic heterocycles. The smallest absolute Gasteiger partial charge is 0.236 e. The van der Waals surface area contributed by atoms with E-state index in [2.05, 4.69) is 56.9 Å². The summed E-state index contributed by atoms with van der Waals surface area (Å²) in [6, 6.07) is 11.1. The van der Waals surface area contributed by atoms with E-state index in [9.17, 15) is 4.79 Å². The molecule has 2 aliphatic rings. The molecule has 6 nitrogen and oxygen atoms in total. The van der Waals surface area contributed by atoms with E-state index in [-0.39, 0.29) is 0 Å². The van der Waals surface area contributed by atoms with Gasteiger partial charge in [0.2, 0.25) is 5.91 Å². The Bertz CT molecular complexity index is 604. The average Bonchev–Trinajstić information content (AvgIpc) is 2.76. The molecule has 1 amide bonds. The van der Waals surface area contributed by atoms with E-state index >= 15 is 0 Å². The number of carbonyl (C=O) groups excluding carboxylic acids is 1. The van der Waals surface area contributed by atoms with Crippen LogP contribution in [0.2, 0.25) is 0 Å². The second-order valence-electron chi connectivity index (χ2n) is 8.17. The first-order chi connectivity index (χ1) is 14.2. The van der Waals surface area contributed by atoms with E-state index in [1.165, 1.54) is 5.56 Å². The maximum atomic E-state index is 12.9. The van der Waals surface area contributed by atoms with Crippen LogP contribution < -0.4 is 0 Å². The van der Waals surface area contributed by atoms with Crippen LogP contribution in [0.3, 0.4) is 0 Å². The molecule has 2 aliphatic heterocycles. The lowest BCUT2D eigenvalue weighted by molar-refractivity contribution is -0.135. The lowest BCUT2D eigenvalue weighted by Gasteiger charge is -2.42. The van der Waals surface area contributed by atoms with Crippen molar-refractivity contribution in [1.29, 1.82) is 0 Å². The van der Waals surface area contributed by atoms with Gasteiger partial charge in [-0.1, -0.05) is 37.3 Å². The standard InChI is InChI=1S/C23H38N4O2/c1-3-22-19-25(12-13-26(22)16-17-29-4-2)20-23(28)27-14-10-24(11-15-27)18-21-8-6-5-7-9-21/h5-9,22H,3-4,10-20H2,1-2H3. The summed E-state index contributed by atoms with van der Waals surface area (Å²) >= 11 is 0. The number of hydrogen-bond donors (Lipinski definition) is 0. The molecule has 1 aromatic carbocycles. The summed E-state index contributed by atoms with van der Waals surface area (Å²) in [6.45, 7) is 15.0. The van der Waals surface area contributed by atoms with Gasteiger partial charge in [0.1, 0.15) is 0 Å². The Morgan fingerprint density at radius 1 is 1.00 bits per heavy atom. The number of nitrogens with zero attached hydrogens (tertiary/aromatic N) is 4.